The van der Waals surface area contributed by atoms with Crippen molar-refractivity contribution in [1.29, 1.82) is 0 Å². The number of fused-ring (bicyclic) bond motifs is 1. The summed E-state index contributed by atoms with van der Waals surface area (Å²) in [4.78, 5) is 28.4. The lowest BCUT2D eigenvalue weighted by Gasteiger charge is -2.36. The summed E-state index contributed by atoms with van der Waals surface area (Å²) in [5.41, 5.74) is 3.09. The summed E-state index contributed by atoms with van der Waals surface area (Å²) in [7, 11) is 0. The van der Waals surface area contributed by atoms with Gasteiger partial charge >= 0.3 is 0 Å². The van der Waals surface area contributed by atoms with Crippen LogP contribution in [-0.2, 0) is 4.74 Å². The lowest BCUT2D eigenvalue weighted by Crippen LogP contribution is -2.47. The number of ether oxygens (including phenoxy) is 1. The maximum absolute atomic E-state index is 5.43. The summed E-state index contributed by atoms with van der Waals surface area (Å²) in [5, 5.41) is 0. The lowest BCUT2D eigenvalue weighted by atomic mass is 10.3. The summed E-state index contributed by atoms with van der Waals surface area (Å²) in [5.74, 6) is 2.76. The SMILES string of the molecule is Cc1cc2ncnc(N3CCN(c4ccnc(N5CCOCC5)n4)CC3)c2[nH]1. The Morgan fingerprint density at radius 3 is 2.54 bits per heavy atom. The molecular formula is C19H24N8O. The molecule has 9 nitrogen and oxygen atoms in total. The molecule has 0 unspecified atom stereocenters. The molecule has 0 amide bonds. The Balaban J connectivity index is 1.30. The first-order valence-corrected chi connectivity index (χ1v) is 9.74. The molecule has 0 saturated carbocycles. The van der Waals surface area contributed by atoms with Crippen molar-refractivity contribution >= 4 is 28.6 Å². The fourth-order valence-electron chi connectivity index (χ4n) is 3.88. The Labute approximate surface area is 163 Å². The molecular weight excluding hydrogens is 356 g/mol. The van der Waals surface area contributed by atoms with Gasteiger partial charge in [-0.15, -0.1) is 0 Å². The third-order valence-corrected chi connectivity index (χ3v) is 5.36. The molecule has 5 rings (SSSR count). The second-order valence-electron chi connectivity index (χ2n) is 7.20. The Bertz CT molecular complexity index is 959. The monoisotopic (exact) mass is 380 g/mol. The topological polar surface area (TPSA) is 86.3 Å². The molecule has 0 aromatic carbocycles. The van der Waals surface area contributed by atoms with Crippen LogP contribution in [0, 0.1) is 6.92 Å². The molecule has 146 valence electrons. The highest BCUT2D eigenvalue weighted by Gasteiger charge is 2.22. The Hall–Kier alpha value is -2.94. The van der Waals surface area contributed by atoms with Crippen molar-refractivity contribution in [1.82, 2.24) is 24.9 Å². The molecule has 2 aliphatic rings. The second-order valence-corrected chi connectivity index (χ2v) is 7.20. The predicted octanol–water partition coefficient (Wildman–Crippen LogP) is 1.22. The van der Waals surface area contributed by atoms with Crippen LogP contribution in [0.2, 0.25) is 0 Å². The third kappa shape index (κ3) is 3.22. The van der Waals surface area contributed by atoms with Crippen LogP contribution in [0.3, 0.4) is 0 Å². The Kier molecular flexibility index (Phi) is 4.44. The molecule has 0 spiro atoms. The minimum absolute atomic E-state index is 0.734. The number of aromatic nitrogens is 5. The van der Waals surface area contributed by atoms with Gasteiger partial charge in [0.1, 0.15) is 17.7 Å². The summed E-state index contributed by atoms with van der Waals surface area (Å²) in [6.45, 7) is 8.77. The van der Waals surface area contributed by atoms with Gasteiger partial charge < -0.3 is 24.4 Å². The number of anilines is 3. The molecule has 2 fully saturated rings. The number of aromatic amines is 1. The second kappa shape index (κ2) is 7.23. The predicted molar refractivity (Wildman–Crippen MR) is 108 cm³/mol. The summed E-state index contributed by atoms with van der Waals surface area (Å²) in [6, 6.07) is 4.06. The van der Waals surface area contributed by atoms with Gasteiger partial charge in [-0.25, -0.2) is 15.0 Å². The molecule has 0 bridgehead atoms. The van der Waals surface area contributed by atoms with Crippen LogP contribution in [0.5, 0.6) is 0 Å². The smallest absolute Gasteiger partial charge is 0.227 e. The molecule has 0 atom stereocenters. The normalized spacial score (nSPS) is 18.1. The van der Waals surface area contributed by atoms with Gasteiger partial charge in [-0.3, -0.25) is 0 Å². The highest BCUT2D eigenvalue weighted by atomic mass is 16.5. The quantitative estimate of drug-likeness (QED) is 0.726. The number of aryl methyl sites for hydroxylation is 1. The number of H-pyrrole nitrogens is 1. The van der Waals surface area contributed by atoms with Crippen LogP contribution in [-0.4, -0.2) is 77.4 Å². The zero-order chi connectivity index (χ0) is 18.9. The first-order valence-electron chi connectivity index (χ1n) is 9.74. The third-order valence-electron chi connectivity index (χ3n) is 5.36. The van der Waals surface area contributed by atoms with E-state index < -0.39 is 0 Å². The van der Waals surface area contributed by atoms with Gasteiger partial charge in [0.15, 0.2) is 5.82 Å². The van der Waals surface area contributed by atoms with Crippen LogP contribution >= 0.6 is 0 Å². The van der Waals surface area contributed by atoms with Crippen molar-refractivity contribution in [3.8, 4) is 0 Å². The first kappa shape index (κ1) is 17.2. The van der Waals surface area contributed by atoms with Crippen LogP contribution in [0.15, 0.2) is 24.7 Å². The molecule has 0 aliphatic carbocycles. The standard InChI is InChI=1S/C19H24N8O/c1-14-12-15-17(23-14)18(22-13-21-15)26-6-4-25(5-7-26)16-2-3-20-19(24-16)27-8-10-28-11-9-27/h2-3,12-13,23H,4-11H2,1H3. The minimum Gasteiger partial charge on any atom is -0.378 e. The number of hydrogen-bond donors (Lipinski definition) is 1. The van der Waals surface area contributed by atoms with E-state index in [4.69, 9.17) is 9.72 Å². The molecule has 0 radical (unpaired) electrons. The van der Waals surface area contributed by atoms with E-state index in [0.29, 0.717) is 0 Å². The Morgan fingerprint density at radius 2 is 1.71 bits per heavy atom. The molecule has 28 heavy (non-hydrogen) atoms. The molecule has 9 heteroatoms. The minimum atomic E-state index is 0.734. The molecule has 5 heterocycles. The molecule has 1 N–H and O–H groups in total. The van der Waals surface area contributed by atoms with Gasteiger partial charge in [0.05, 0.1) is 18.7 Å². The average Bonchev–Trinajstić information content (AvgIpc) is 3.15. The van der Waals surface area contributed by atoms with Gasteiger partial charge in [-0.1, -0.05) is 0 Å². The van der Waals surface area contributed by atoms with Gasteiger partial charge in [0.25, 0.3) is 0 Å². The number of piperazine rings is 1. The summed E-state index contributed by atoms with van der Waals surface area (Å²) < 4.78 is 5.43. The molecule has 3 aromatic heterocycles. The largest absolute Gasteiger partial charge is 0.378 e. The number of morpholine rings is 1. The van der Waals surface area contributed by atoms with Gasteiger partial charge in [0.2, 0.25) is 5.95 Å². The van der Waals surface area contributed by atoms with Crippen molar-refractivity contribution in [2.45, 2.75) is 6.92 Å². The van der Waals surface area contributed by atoms with E-state index in [2.05, 4.69) is 40.7 Å². The van der Waals surface area contributed by atoms with Crippen molar-refractivity contribution in [3.05, 3.63) is 30.4 Å². The van der Waals surface area contributed by atoms with Crippen LogP contribution in [0.25, 0.3) is 11.0 Å². The van der Waals surface area contributed by atoms with E-state index in [1.165, 1.54) is 0 Å². The summed E-state index contributed by atoms with van der Waals surface area (Å²) >= 11 is 0. The van der Waals surface area contributed by atoms with E-state index >= 15 is 0 Å². The Morgan fingerprint density at radius 1 is 0.929 bits per heavy atom. The van der Waals surface area contributed by atoms with Crippen molar-refractivity contribution in [2.24, 2.45) is 0 Å². The van der Waals surface area contributed by atoms with Gasteiger partial charge in [-0.2, -0.15) is 4.98 Å². The highest BCUT2D eigenvalue weighted by molar-refractivity contribution is 5.86. The maximum Gasteiger partial charge on any atom is 0.227 e. The van der Waals surface area contributed by atoms with Crippen LogP contribution in [0.1, 0.15) is 5.69 Å². The van der Waals surface area contributed by atoms with Crippen molar-refractivity contribution < 1.29 is 4.74 Å². The number of nitrogens with zero attached hydrogens (tertiary/aromatic N) is 7. The van der Waals surface area contributed by atoms with E-state index in [1.54, 1.807) is 6.33 Å². The van der Waals surface area contributed by atoms with Gasteiger partial charge in [0, 0.05) is 51.2 Å². The fraction of sp³-hybridized carbons (Fsp3) is 0.474. The number of rotatable bonds is 3. The lowest BCUT2D eigenvalue weighted by molar-refractivity contribution is 0.122. The van der Waals surface area contributed by atoms with E-state index in [9.17, 15) is 0 Å². The fourth-order valence-corrected chi connectivity index (χ4v) is 3.88. The number of nitrogens with one attached hydrogen (secondary N) is 1. The first-order chi connectivity index (χ1) is 13.8. The van der Waals surface area contributed by atoms with Crippen molar-refractivity contribution in [2.75, 3.05) is 67.2 Å². The zero-order valence-electron chi connectivity index (χ0n) is 16.0. The molecule has 3 aromatic rings. The molecule has 2 saturated heterocycles. The average molecular weight is 380 g/mol. The molecule has 2 aliphatic heterocycles. The van der Waals surface area contributed by atoms with E-state index in [-0.39, 0.29) is 0 Å². The highest BCUT2D eigenvalue weighted by Crippen LogP contribution is 2.25. The van der Waals surface area contributed by atoms with Crippen LogP contribution < -0.4 is 14.7 Å². The van der Waals surface area contributed by atoms with E-state index in [0.717, 1.165) is 86.8 Å². The van der Waals surface area contributed by atoms with E-state index in [1.807, 2.05) is 19.2 Å². The van der Waals surface area contributed by atoms with Crippen LogP contribution in [0.4, 0.5) is 17.6 Å². The van der Waals surface area contributed by atoms with Gasteiger partial charge in [-0.05, 0) is 19.1 Å². The number of hydrogen-bond acceptors (Lipinski definition) is 8. The summed E-state index contributed by atoms with van der Waals surface area (Å²) in [6.07, 6.45) is 3.51. The maximum atomic E-state index is 5.43. The zero-order valence-corrected chi connectivity index (χ0v) is 16.0. The van der Waals surface area contributed by atoms with Crippen molar-refractivity contribution in [3.63, 3.8) is 0 Å².